The van der Waals surface area contributed by atoms with E-state index in [0.29, 0.717) is 5.75 Å². The number of ether oxygens (including phenoxy) is 2. The minimum Gasteiger partial charge on any atom is -0.496 e. The largest absolute Gasteiger partial charge is 0.496 e. The van der Waals surface area contributed by atoms with Gasteiger partial charge in [-0.1, -0.05) is 48.5 Å². The molecule has 0 heterocycles. The normalized spacial score (nSPS) is 10.3. The molecule has 0 saturated carbocycles. The molecule has 1 N–H and O–H groups in total. The Hall–Kier alpha value is -3.27. The fourth-order valence-electron chi connectivity index (χ4n) is 3.04. The first kappa shape index (κ1) is 18.5. The molecule has 3 aromatic rings. The van der Waals surface area contributed by atoms with Gasteiger partial charge >= 0.3 is 0 Å². The number of nitrogens with one attached hydrogen (secondary N) is 1. The van der Waals surface area contributed by atoms with Crippen molar-refractivity contribution >= 4 is 11.6 Å². The van der Waals surface area contributed by atoms with Gasteiger partial charge in [-0.15, -0.1) is 0 Å². The Bertz CT molecular complexity index is 907. The monoisotopic (exact) mass is 361 g/mol. The van der Waals surface area contributed by atoms with E-state index in [1.165, 1.54) is 5.56 Å². The topological polar surface area (TPSA) is 47.6 Å². The maximum atomic E-state index is 12.5. The van der Waals surface area contributed by atoms with Crippen molar-refractivity contribution < 1.29 is 14.3 Å². The summed E-state index contributed by atoms with van der Waals surface area (Å²) >= 11 is 0. The molecule has 0 aliphatic heterocycles. The second-order valence-electron chi connectivity index (χ2n) is 6.23. The summed E-state index contributed by atoms with van der Waals surface area (Å²) in [5.74, 6) is 1.43. The Morgan fingerprint density at radius 2 is 1.48 bits per heavy atom. The van der Waals surface area contributed by atoms with Crippen LogP contribution in [0.5, 0.6) is 11.5 Å². The maximum Gasteiger partial charge on any atom is 0.228 e. The van der Waals surface area contributed by atoms with E-state index in [9.17, 15) is 4.79 Å². The Balaban J connectivity index is 1.74. The van der Waals surface area contributed by atoms with Crippen LogP contribution in [0.15, 0.2) is 72.8 Å². The van der Waals surface area contributed by atoms with Crippen molar-refractivity contribution in [1.82, 2.24) is 0 Å². The van der Waals surface area contributed by atoms with Crippen LogP contribution < -0.4 is 14.8 Å². The van der Waals surface area contributed by atoms with Crippen LogP contribution in [-0.2, 0) is 17.6 Å². The molecule has 4 heteroatoms. The molecule has 3 rings (SSSR count). The fourth-order valence-corrected chi connectivity index (χ4v) is 3.04. The van der Waals surface area contributed by atoms with Crippen molar-refractivity contribution in [3.8, 4) is 11.5 Å². The SMILES string of the molecule is COc1ccccc1CC(=O)Nc1ccc(OC)c(Cc2ccccc2)c1. The first-order chi connectivity index (χ1) is 13.2. The highest BCUT2D eigenvalue weighted by Gasteiger charge is 2.11. The molecule has 0 atom stereocenters. The number of rotatable bonds is 7. The lowest BCUT2D eigenvalue weighted by atomic mass is 10.0. The molecule has 0 aromatic heterocycles. The van der Waals surface area contributed by atoms with Gasteiger partial charge in [-0.3, -0.25) is 4.79 Å². The van der Waals surface area contributed by atoms with Gasteiger partial charge in [0.2, 0.25) is 5.91 Å². The van der Waals surface area contributed by atoms with Crippen LogP contribution in [0.25, 0.3) is 0 Å². The molecule has 0 fully saturated rings. The third-order valence-corrected chi connectivity index (χ3v) is 4.35. The molecule has 27 heavy (non-hydrogen) atoms. The van der Waals surface area contributed by atoms with E-state index in [4.69, 9.17) is 9.47 Å². The number of methoxy groups -OCH3 is 2. The molecular formula is C23H23NO3. The second kappa shape index (κ2) is 8.90. The predicted molar refractivity (Wildman–Crippen MR) is 108 cm³/mol. The van der Waals surface area contributed by atoms with Crippen LogP contribution in [0, 0.1) is 0 Å². The molecule has 4 nitrogen and oxygen atoms in total. The average Bonchev–Trinajstić information content (AvgIpc) is 2.69. The second-order valence-corrected chi connectivity index (χ2v) is 6.23. The lowest BCUT2D eigenvalue weighted by molar-refractivity contribution is -0.115. The van der Waals surface area contributed by atoms with Crippen molar-refractivity contribution in [3.63, 3.8) is 0 Å². The van der Waals surface area contributed by atoms with E-state index >= 15 is 0 Å². The molecule has 0 aliphatic carbocycles. The minimum atomic E-state index is -0.0877. The van der Waals surface area contributed by atoms with Crippen molar-refractivity contribution in [2.75, 3.05) is 19.5 Å². The van der Waals surface area contributed by atoms with Crippen molar-refractivity contribution in [2.45, 2.75) is 12.8 Å². The smallest absolute Gasteiger partial charge is 0.228 e. The molecule has 0 spiro atoms. The zero-order chi connectivity index (χ0) is 19.1. The Morgan fingerprint density at radius 1 is 0.815 bits per heavy atom. The number of benzene rings is 3. The highest BCUT2D eigenvalue weighted by Crippen LogP contribution is 2.26. The standard InChI is InChI=1S/C23H23NO3/c1-26-21-11-7-6-10-18(21)16-23(25)24-20-12-13-22(27-2)19(15-20)14-17-8-4-3-5-9-17/h3-13,15H,14,16H2,1-2H3,(H,24,25). The summed E-state index contributed by atoms with van der Waals surface area (Å²) in [5.41, 5.74) is 3.82. The van der Waals surface area contributed by atoms with Gasteiger partial charge < -0.3 is 14.8 Å². The fraction of sp³-hybridized carbons (Fsp3) is 0.174. The highest BCUT2D eigenvalue weighted by atomic mass is 16.5. The third-order valence-electron chi connectivity index (χ3n) is 4.35. The Kier molecular flexibility index (Phi) is 6.10. The number of hydrogen-bond donors (Lipinski definition) is 1. The van der Waals surface area contributed by atoms with Gasteiger partial charge in [0.05, 0.1) is 20.6 Å². The number of anilines is 1. The van der Waals surface area contributed by atoms with E-state index < -0.39 is 0 Å². The molecule has 3 aromatic carbocycles. The zero-order valence-corrected chi connectivity index (χ0v) is 15.6. The number of amides is 1. The van der Waals surface area contributed by atoms with Crippen LogP contribution in [0.1, 0.15) is 16.7 Å². The van der Waals surface area contributed by atoms with Crippen LogP contribution in [0.4, 0.5) is 5.69 Å². The first-order valence-corrected chi connectivity index (χ1v) is 8.82. The summed E-state index contributed by atoms with van der Waals surface area (Å²) in [6.45, 7) is 0. The Morgan fingerprint density at radius 3 is 2.22 bits per heavy atom. The molecule has 0 aliphatic rings. The summed E-state index contributed by atoms with van der Waals surface area (Å²) in [6, 6.07) is 23.4. The summed E-state index contributed by atoms with van der Waals surface area (Å²) in [6.07, 6.45) is 0.990. The van der Waals surface area contributed by atoms with E-state index in [-0.39, 0.29) is 12.3 Å². The minimum absolute atomic E-state index is 0.0877. The van der Waals surface area contributed by atoms with Gasteiger partial charge in [0.25, 0.3) is 0 Å². The van der Waals surface area contributed by atoms with Crippen LogP contribution >= 0.6 is 0 Å². The van der Waals surface area contributed by atoms with E-state index in [1.54, 1.807) is 14.2 Å². The lowest BCUT2D eigenvalue weighted by Crippen LogP contribution is -2.15. The average molecular weight is 361 g/mol. The third kappa shape index (κ3) is 4.88. The van der Waals surface area contributed by atoms with Gasteiger partial charge in [-0.25, -0.2) is 0 Å². The quantitative estimate of drug-likeness (QED) is 0.675. The van der Waals surface area contributed by atoms with Crippen molar-refractivity contribution in [1.29, 1.82) is 0 Å². The molecule has 0 radical (unpaired) electrons. The van der Waals surface area contributed by atoms with Crippen molar-refractivity contribution in [2.24, 2.45) is 0 Å². The van der Waals surface area contributed by atoms with Crippen LogP contribution in [0.3, 0.4) is 0 Å². The van der Waals surface area contributed by atoms with Gasteiger partial charge in [0.1, 0.15) is 11.5 Å². The Labute approximate surface area is 159 Å². The summed E-state index contributed by atoms with van der Waals surface area (Å²) in [7, 11) is 3.26. The summed E-state index contributed by atoms with van der Waals surface area (Å²) in [4.78, 5) is 12.5. The molecular weight excluding hydrogens is 338 g/mol. The number of para-hydroxylation sites is 1. The zero-order valence-electron chi connectivity index (χ0n) is 15.6. The molecule has 0 unspecified atom stereocenters. The predicted octanol–water partition coefficient (Wildman–Crippen LogP) is 4.48. The molecule has 0 saturated heterocycles. The van der Waals surface area contributed by atoms with Gasteiger partial charge in [0.15, 0.2) is 0 Å². The van der Waals surface area contributed by atoms with Crippen molar-refractivity contribution in [3.05, 3.63) is 89.5 Å². The molecule has 0 bridgehead atoms. The summed E-state index contributed by atoms with van der Waals surface area (Å²) < 4.78 is 10.8. The van der Waals surface area contributed by atoms with Gasteiger partial charge in [-0.05, 0) is 29.8 Å². The molecule has 1 amide bonds. The molecule has 138 valence electrons. The van der Waals surface area contributed by atoms with Gasteiger partial charge in [-0.2, -0.15) is 0 Å². The highest BCUT2D eigenvalue weighted by molar-refractivity contribution is 5.92. The van der Waals surface area contributed by atoms with Gasteiger partial charge in [0, 0.05) is 23.2 Å². The summed E-state index contributed by atoms with van der Waals surface area (Å²) in [5, 5.41) is 2.97. The number of carbonyl (C=O) groups is 1. The van der Waals surface area contributed by atoms with E-state index in [0.717, 1.165) is 29.0 Å². The number of hydrogen-bond acceptors (Lipinski definition) is 3. The van der Waals surface area contributed by atoms with Crippen LogP contribution in [-0.4, -0.2) is 20.1 Å². The van der Waals surface area contributed by atoms with Crippen LogP contribution in [0.2, 0.25) is 0 Å². The lowest BCUT2D eigenvalue weighted by Gasteiger charge is -2.13. The van der Waals surface area contributed by atoms with E-state index in [2.05, 4.69) is 17.4 Å². The first-order valence-electron chi connectivity index (χ1n) is 8.82. The van der Waals surface area contributed by atoms with E-state index in [1.807, 2.05) is 60.7 Å². The number of carbonyl (C=O) groups excluding carboxylic acids is 1. The maximum absolute atomic E-state index is 12.5.